The van der Waals surface area contributed by atoms with Crippen LogP contribution in [0.2, 0.25) is 5.15 Å². The molecule has 0 N–H and O–H groups in total. The zero-order valence-corrected chi connectivity index (χ0v) is 8.71. The zero-order valence-electron chi connectivity index (χ0n) is 7.95. The number of alkyl halides is 2. The number of nitrogens with zero attached hydrogens (tertiary/aromatic N) is 2. The van der Waals surface area contributed by atoms with Crippen LogP contribution in [0.25, 0.3) is 0 Å². The number of carbonyl (C=O) groups excluding carboxylic acids is 1. The van der Waals surface area contributed by atoms with E-state index in [1.165, 1.54) is 25.4 Å². The second-order valence-corrected chi connectivity index (χ2v) is 3.33. The fraction of sp³-hybridized carbons (Fsp3) is 0.333. The number of hydrogen-bond acceptors (Lipinski definition) is 2. The predicted octanol–water partition coefficient (Wildman–Crippen LogP) is 2.07. The Labute approximate surface area is 90.7 Å². The maximum atomic E-state index is 12.0. The van der Waals surface area contributed by atoms with Crippen LogP contribution in [0.1, 0.15) is 10.4 Å². The monoisotopic (exact) mass is 234 g/mol. The molecule has 0 aromatic carbocycles. The van der Waals surface area contributed by atoms with Gasteiger partial charge in [-0.25, -0.2) is 13.8 Å². The Bertz CT molecular complexity index is 360. The average Bonchev–Trinajstić information content (AvgIpc) is 2.15. The molecule has 0 aliphatic heterocycles. The van der Waals surface area contributed by atoms with Crippen molar-refractivity contribution in [1.82, 2.24) is 9.88 Å². The maximum Gasteiger partial charge on any atom is 0.255 e. The first-order chi connectivity index (χ1) is 7.00. The molecule has 6 heteroatoms. The van der Waals surface area contributed by atoms with Crippen LogP contribution >= 0.6 is 11.6 Å². The average molecular weight is 235 g/mol. The van der Waals surface area contributed by atoms with Crippen LogP contribution in [0.3, 0.4) is 0 Å². The normalized spacial score (nSPS) is 10.5. The molecule has 1 aromatic rings. The minimum absolute atomic E-state index is 0.159. The van der Waals surface area contributed by atoms with Crippen LogP contribution in [-0.4, -0.2) is 35.8 Å². The van der Waals surface area contributed by atoms with E-state index in [1.807, 2.05) is 0 Å². The molecule has 0 unspecified atom stereocenters. The largest absolute Gasteiger partial charge is 0.336 e. The van der Waals surface area contributed by atoms with Crippen LogP contribution in [0, 0.1) is 0 Å². The Morgan fingerprint density at radius 1 is 1.67 bits per heavy atom. The molecular weight excluding hydrogens is 226 g/mol. The lowest BCUT2D eigenvalue weighted by Crippen LogP contribution is -2.31. The van der Waals surface area contributed by atoms with Crippen molar-refractivity contribution in [2.45, 2.75) is 6.43 Å². The zero-order chi connectivity index (χ0) is 11.4. The Morgan fingerprint density at radius 3 is 2.87 bits per heavy atom. The highest BCUT2D eigenvalue weighted by molar-refractivity contribution is 6.29. The van der Waals surface area contributed by atoms with E-state index in [2.05, 4.69) is 4.98 Å². The van der Waals surface area contributed by atoms with Gasteiger partial charge >= 0.3 is 0 Å². The van der Waals surface area contributed by atoms with Crippen LogP contribution in [0.4, 0.5) is 8.78 Å². The molecule has 0 aliphatic rings. The second-order valence-electron chi connectivity index (χ2n) is 2.94. The van der Waals surface area contributed by atoms with Crippen molar-refractivity contribution in [1.29, 1.82) is 0 Å². The number of amides is 1. The van der Waals surface area contributed by atoms with Gasteiger partial charge in [0.15, 0.2) is 0 Å². The summed E-state index contributed by atoms with van der Waals surface area (Å²) in [6.45, 7) is -0.598. The first kappa shape index (κ1) is 11.8. The standard InChI is InChI=1S/C9H9ClF2N2O/c1-14(5-8(11)12)9(15)6-2-3-13-7(10)4-6/h2-4,8H,5H2,1H3. The van der Waals surface area contributed by atoms with Crippen molar-refractivity contribution < 1.29 is 13.6 Å². The molecular formula is C9H9ClF2N2O. The van der Waals surface area contributed by atoms with Crippen molar-refractivity contribution in [3.8, 4) is 0 Å². The van der Waals surface area contributed by atoms with Gasteiger partial charge in [-0.1, -0.05) is 11.6 Å². The van der Waals surface area contributed by atoms with E-state index in [4.69, 9.17) is 11.6 Å². The smallest absolute Gasteiger partial charge is 0.255 e. The molecule has 1 amide bonds. The van der Waals surface area contributed by atoms with E-state index in [9.17, 15) is 13.6 Å². The van der Waals surface area contributed by atoms with Gasteiger partial charge in [0.1, 0.15) is 5.15 Å². The van der Waals surface area contributed by atoms with Crippen molar-refractivity contribution in [2.75, 3.05) is 13.6 Å². The molecule has 0 bridgehead atoms. The Kier molecular flexibility index (Phi) is 3.96. The summed E-state index contributed by atoms with van der Waals surface area (Å²) in [5.74, 6) is -0.500. The molecule has 0 saturated heterocycles. The second kappa shape index (κ2) is 5.02. The number of pyridine rings is 1. The maximum absolute atomic E-state index is 12.0. The van der Waals surface area contributed by atoms with Gasteiger partial charge < -0.3 is 4.90 Å². The molecule has 3 nitrogen and oxygen atoms in total. The Morgan fingerprint density at radius 2 is 2.33 bits per heavy atom. The van der Waals surface area contributed by atoms with E-state index in [0.717, 1.165) is 4.90 Å². The van der Waals surface area contributed by atoms with Gasteiger partial charge in [-0.2, -0.15) is 0 Å². The van der Waals surface area contributed by atoms with Crippen molar-refractivity contribution in [2.24, 2.45) is 0 Å². The van der Waals surface area contributed by atoms with E-state index in [-0.39, 0.29) is 10.7 Å². The highest BCUT2D eigenvalue weighted by atomic mass is 35.5. The third-order valence-corrected chi connectivity index (χ3v) is 1.94. The summed E-state index contributed by atoms with van der Waals surface area (Å²) < 4.78 is 24.0. The van der Waals surface area contributed by atoms with Crippen molar-refractivity contribution in [3.05, 3.63) is 29.0 Å². The summed E-state index contributed by atoms with van der Waals surface area (Å²) in [6, 6.07) is 2.77. The van der Waals surface area contributed by atoms with Gasteiger partial charge in [0.2, 0.25) is 0 Å². The minimum atomic E-state index is -2.55. The van der Waals surface area contributed by atoms with Gasteiger partial charge in [0, 0.05) is 18.8 Å². The van der Waals surface area contributed by atoms with Gasteiger partial charge in [-0.05, 0) is 12.1 Å². The van der Waals surface area contributed by atoms with Crippen LogP contribution < -0.4 is 0 Å². The number of aromatic nitrogens is 1. The number of hydrogen-bond donors (Lipinski definition) is 0. The summed E-state index contributed by atoms with van der Waals surface area (Å²) in [4.78, 5) is 16.2. The SMILES string of the molecule is CN(CC(F)F)C(=O)c1ccnc(Cl)c1. The first-order valence-electron chi connectivity index (χ1n) is 4.16. The van der Waals surface area contributed by atoms with E-state index in [1.54, 1.807) is 0 Å². The number of carbonyl (C=O) groups is 1. The minimum Gasteiger partial charge on any atom is -0.336 e. The summed E-state index contributed by atoms with van der Waals surface area (Å²) in [7, 11) is 1.31. The van der Waals surface area contributed by atoms with Gasteiger partial charge in [-0.15, -0.1) is 0 Å². The summed E-state index contributed by atoms with van der Waals surface area (Å²) >= 11 is 5.57. The topological polar surface area (TPSA) is 33.2 Å². The third kappa shape index (κ3) is 3.43. The molecule has 0 spiro atoms. The lowest BCUT2D eigenvalue weighted by Gasteiger charge is -2.16. The Hall–Kier alpha value is -1.23. The fourth-order valence-electron chi connectivity index (χ4n) is 1.05. The summed E-state index contributed by atoms with van der Waals surface area (Å²) in [5, 5.41) is 0.159. The number of rotatable bonds is 3. The summed E-state index contributed by atoms with van der Waals surface area (Å²) in [5.41, 5.74) is 0.248. The van der Waals surface area contributed by atoms with Crippen LogP contribution in [0.5, 0.6) is 0 Å². The first-order valence-corrected chi connectivity index (χ1v) is 4.53. The lowest BCUT2D eigenvalue weighted by molar-refractivity contribution is 0.0620. The van der Waals surface area contributed by atoms with Crippen molar-refractivity contribution in [3.63, 3.8) is 0 Å². The van der Waals surface area contributed by atoms with E-state index >= 15 is 0 Å². The van der Waals surface area contributed by atoms with Crippen molar-refractivity contribution >= 4 is 17.5 Å². The Balaban J connectivity index is 2.76. The van der Waals surface area contributed by atoms with Gasteiger partial charge in [0.05, 0.1) is 6.54 Å². The highest BCUT2D eigenvalue weighted by Gasteiger charge is 2.15. The quantitative estimate of drug-likeness (QED) is 0.751. The molecule has 1 heterocycles. The van der Waals surface area contributed by atoms with Crippen LogP contribution in [0.15, 0.2) is 18.3 Å². The van der Waals surface area contributed by atoms with Gasteiger partial charge in [0.25, 0.3) is 12.3 Å². The fourth-order valence-corrected chi connectivity index (χ4v) is 1.22. The molecule has 0 atom stereocenters. The number of halogens is 3. The summed E-state index contributed by atoms with van der Waals surface area (Å²) in [6.07, 6.45) is -1.19. The molecule has 82 valence electrons. The molecule has 0 saturated carbocycles. The molecule has 1 rings (SSSR count). The molecule has 1 aromatic heterocycles. The molecule has 15 heavy (non-hydrogen) atoms. The molecule has 0 fully saturated rings. The molecule has 0 radical (unpaired) electrons. The van der Waals surface area contributed by atoms with Gasteiger partial charge in [-0.3, -0.25) is 4.79 Å². The van der Waals surface area contributed by atoms with E-state index in [0.29, 0.717) is 0 Å². The highest BCUT2D eigenvalue weighted by Crippen LogP contribution is 2.09. The molecule has 0 aliphatic carbocycles. The third-order valence-electron chi connectivity index (χ3n) is 1.73. The predicted molar refractivity (Wildman–Crippen MR) is 52.2 cm³/mol. The van der Waals surface area contributed by atoms with Crippen LogP contribution in [-0.2, 0) is 0 Å². The lowest BCUT2D eigenvalue weighted by atomic mass is 10.2. The van der Waals surface area contributed by atoms with E-state index < -0.39 is 18.9 Å².